The quantitative estimate of drug-likeness (QED) is 0.337. The SMILES string of the molecule is Oc1c(C(c2ccc(Cl)cc2)N2CCN(Cc3ccccc3)CC2)sc2nc(-c3ccco3)nn12. The van der Waals surface area contributed by atoms with E-state index >= 15 is 0 Å². The van der Waals surface area contributed by atoms with E-state index < -0.39 is 0 Å². The number of aromatic nitrogens is 3. The number of halogens is 1. The topological polar surface area (TPSA) is 70.0 Å². The summed E-state index contributed by atoms with van der Waals surface area (Å²) in [7, 11) is 0. The van der Waals surface area contributed by atoms with E-state index in [1.165, 1.54) is 21.4 Å². The molecule has 6 rings (SSSR count). The molecule has 9 heteroatoms. The summed E-state index contributed by atoms with van der Waals surface area (Å²) in [5, 5.41) is 16.4. The maximum atomic E-state index is 11.2. The lowest BCUT2D eigenvalue weighted by Gasteiger charge is -2.39. The molecule has 1 saturated heterocycles. The minimum absolute atomic E-state index is 0.113. The van der Waals surface area contributed by atoms with Crippen molar-refractivity contribution in [3.05, 3.63) is 94.0 Å². The fourth-order valence-electron chi connectivity index (χ4n) is 4.63. The first-order chi connectivity index (χ1) is 17.2. The second kappa shape index (κ2) is 9.47. The number of furan rings is 1. The Morgan fingerprint density at radius 2 is 1.74 bits per heavy atom. The van der Waals surface area contributed by atoms with Gasteiger partial charge in [-0.1, -0.05) is 65.4 Å². The first kappa shape index (κ1) is 22.3. The van der Waals surface area contributed by atoms with Crippen LogP contribution >= 0.6 is 22.9 Å². The van der Waals surface area contributed by atoms with Crippen LogP contribution in [0, 0.1) is 0 Å². The Bertz CT molecular complexity index is 1410. The highest BCUT2D eigenvalue weighted by Gasteiger charge is 2.32. The molecule has 4 heterocycles. The van der Waals surface area contributed by atoms with Crippen molar-refractivity contribution in [1.82, 2.24) is 24.4 Å². The van der Waals surface area contributed by atoms with Crippen LogP contribution < -0.4 is 0 Å². The molecule has 5 aromatic rings. The molecule has 1 atom stereocenters. The average molecular weight is 506 g/mol. The average Bonchev–Trinajstić information content (AvgIpc) is 3.61. The highest BCUT2D eigenvalue weighted by molar-refractivity contribution is 7.17. The van der Waals surface area contributed by atoms with E-state index in [4.69, 9.17) is 16.0 Å². The molecule has 1 N–H and O–H groups in total. The van der Waals surface area contributed by atoms with Gasteiger partial charge in [0.15, 0.2) is 5.76 Å². The van der Waals surface area contributed by atoms with Crippen molar-refractivity contribution in [1.29, 1.82) is 0 Å². The number of piperazine rings is 1. The van der Waals surface area contributed by atoms with Gasteiger partial charge in [-0.05, 0) is 35.4 Å². The third-order valence-electron chi connectivity index (χ3n) is 6.40. The van der Waals surface area contributed by atoms with Crippen LogP contribution in [0.25, 0.3) is 16.5 Å². The van der Waals surface area contributed by atoms with Gasteiger partial charge in [-0.3, -0.25) is 9.80 Å². The van der Waals surface area contributed by atoms with Crippen LogP contribution in [0.4, 0.5) is 0 Å². The molecule has 178 valence electrons. The van der Waals surface area contributed by atoms with Crippen LogP contribution in [0.1, 0.15) is 22.0 Å². The lowest BCUT2D eigenvalue weighted by atomic mass is 10.0. The van der Waals surface area contributed by atoms with Gasteiger partial charge in [0.05, 0.1) is 17.2 Å². The third-order valence-corrected chi connectivity index (χ3v) is 7.72. The Morgan fingerprint density at radius 3 is 2.43 bits per heavy atom. The zero-order valence-corrected chi connectivity index (χ0v) is 20.5. The van der Waals surface area contributed by atoms with E-state index in [0.717, 1.165) is 43.2 Å². The molecule has 1 aliphatic rings. The number of nitrogens with zero attached hydrogens (tertiary/aromatic N) is 5. The van der Waals surface area contributed by atoms with Gasteiger partial charge >= 0.3 is 0 Å². The van der Waals surface area contributed by atoms with Crippen LogP contribution in [0.2, 0.25) is 5.02 Å². The molecule has 0 aliphatic carbocycles. The molecule has 3 aromatic heterocycles. The van der Waals surface area contributed by atoms with Gasteiger partial charge in [0.1, 0.15) is 0 Å². The van der Waals surface area contributed by atoms with Gasteiger partial charge in [0, 0.05) is 37.7 Å². The van der Waals surface area contributed by atoms with Crippen LogP contribution in [0.5, 0.6) is 5.88 Å². The van der Waals surface area contributed by atoms with E-state index in [1.807, 2.05) is 30.3 Å². The number of rotatable bonds is 6. The number of thiazole rings is 1. The zero-order valence-electron chi connectivity index (χ0n) is 18.9. The lowest BCUT2D eigenvalue weighted by molar-refractivity contribution is 0.105. The Hall–Kier alpha value is -3.17. The first-order valence-electron chi connectivity index (χ1n) is 11.5. The summed E-state index contributed by atoms with van der Waals surface area (Å²) in [6, 6.07) is 21.9. The molecule has 35 heavy (non-hydrogen) atoms. The Kier molecular flexibility index (Phi) is 6.03. The van der Waals surface area contributed by atoms with Crippen molar-refractivity contribution in [3.63, 3.8) is 0 Å². The van der Waals surface area contributed by atoms with Gasteiger partial charge in [0.25, 0.3) is 0 Å². The van der Waals surface area contributed by atoms with Gasteiger partial charge in [0.2, 0.25) is 16.7 Å². The second-order valence-electron chi connectivity index (χ2n) is 8.65. The molecule has 0 amide bonds. The molecule has 1 aliphatic heterocycles. The predicted octanol–water partition coefficient (Wildman–Crippen LogP) is 5.32. The molecule has 0 saturated carbocycles. The van der Waals surface area contributed by atoms with E-state index in [2.05, 4.69) is 50.2 Å². The molecular weight excluding hydrogens is 482 g/mol. The Morgan fingerprint density at radius 1 is 0.971 bits per heavy atom. The number of benzene rings is 2. The number of hydrogen-bond acceptors (Lipinski definition) is 7. The molecule has 1 fully saturated rings. The molecule has 7 nitrogen and oxygen atoms in total. The molecule has 2 aromatic carbocycles. The van der Waals surface area contributed by atoms with Crippen LogP contribution in [0.3, 0.4) is 0 Å². The fraction of sp³-hybridized carbons (Fsp3) is 0.231. The van der Waals surface area contributed by atoms with Gasteiger partial charge in [-0.2, -0.15) is 9.50 Å². The summed E-state index contributed by atoms with van der Waals surface area (Å²) in [5.74, 6) is 1.15. The van der Waals surface area contributed by atoms with Gasteiger partial charge in [-0.25, -0.2) is 0 Å². The molecule has 1 unspecified atom stereocenters. The Balaban J connectivity index is 1.29. The van der Waals surface area contributed by atoms with Gasteiger partial charge in [-0.15, -0.1) is 5.10 Å². The van der Waals surface area contributed by atoms with Crippen LogP contribution in [-0.4, -0.2) is 55.7 Å². The minimum Gasteiger partial charge on any atom is -0.492 e. The van der Waals surface area contributed by atoms with E-state index in [0.29, 0.717) is 21.6 Å². The smallest absolute Gasteiger partial charge is 0.230 e. The summed E-state index contributed by atoms with van der Waals surface area (Å²) in [5.41, 5.74) is 2.41. The second-order valence-corrected chi connectivity index (χ2v) is 10.1. The minimum atomic E-state index is -0.119. The maximum absolute atomic E-state index is 11.2. The van der Waals surface area contributed by atoms with E-state index in [9.17, 15) is 5.11 Å². The van der Waals surface area contributed by atoms with Crippen LogP contribution in [0.15, 0.2) is 77.4 Å². The largest absolute Gasteiger partial charge is 0.492 e. The number of aromatic hydroxyl groups is 1. The predicted molar refractivity (Wildman–Crippen MR) is 137 cm³/mol. The monoisotopic (exact) mass is 505 g/mol. The van der Waals surface area contributed by atoms with Crippen molar-refractivity contribution in [2.24, 2.45) is 0 Å². The first-order valence-corrected chi connectivity index (χ1v) is 12.7. The zero-order chi connectivity index (χ0) is 23.8. The van der Waals surface area contributed by atoms with Crippen molar-refractivity contribution < 1.29 is 9.52 Å². The Labute approximate surface area is 211 Å². The summed E-state index contributed by atoms with van der Waals surface area (Å²) >= 11 is 7.64. The highest BCUT2D eigenvalue weighted by atomic mass is 35.5. The van der Waals surface area contributed by atoms with Crippen molar-refractivity contribution in [3.8, 4) is 17.5 Å². The lowest BCUT2D eigenvalue weighted by Crippen LogP contribution is -2.47. The van der Waals surface area contributed by atoms with Crippen molar-refractivity contribution in [2.45, 2.75) is 12.6 Å². The highest BCUT2D eigenvalue weighted by Crippen LogP contribution is 2.41. The van der Waals surface area contributed by atoms with E-state index in [-0.39, 0.29) is 11.9 Å². The normalized spacial score (nSPS) is 16.1. The number of fused-ring (bicyclic) bond motifs is 1. The molecule has 0 spiro atoms. The molecular formula is C26H24ClN5O2S. The summed E-state index contributed by atoms with van der Waals surface area (Å²) in [4.78, 5) is 10.9. The van der Waals surface area contributed by atoms with Crippen molar-refractivity contribution >= 4 is 27.9 Å². The number of hydrogen-bond donors (Lipinski definition) is 1. The van der Waals surface area contributed by atoms with Crippen LogP contribution in [-0.2, 0) is 6.54 Å². The fourth-order valence-corrected chi connectivity index (χ4v) is 5.88. The maximum Gasteiger partial charge on any atom is 0.230 e. The molecule has 0 bridgehead atoms. The molecule has 0 radical (unpaired) electrons. The standard InChI is InChI=1S/C26H24ClN5O2S/c27-20-10-8-19(9-11-20)22(31-14-12-30(13-15-31)17-18-5-2-1-3-6-18)23-25(33)32-26(35-23)28-24(29-32)21-7-4-16-34-21/h1-11,16,22,33H,12-15,17H2. The van der Waals surface area contributed by atoms with Crippen molar-refractivity contribution in [2.75, 3.05) is 26.2 Å². The summed E-state index contributed by atoms with van der Waals surface area (Å²) in [6.45, 7) is 4.60. The van der Waals surface area contributed by atoms with Gasteiger partial charge < -0.3 is 9.52 Å². The third kappa shape index (κ3) is 4.46. The van der Waals surface area contributed by atoms with E-state index in [1.54, 1.807) is 12.3 Å². The summed E-state index contributed by atoms with van der Waals surface area (Å²) < 4.78 is 6.93. The summed E-state index contributed by atoms with van der Waals surface area (Å²) in [6.07, 6.45) is 1.59.